The van der Waals surface area contributed by atoms with Gasteiger partial charge in [0, 0.05) is 5.69 Å². The van der Waals surface area contributed by atoms with Crippen molar-refractivity contribution >= 4 is 23.2 Å². The lowest BCUT2D eigenvalue weighted by Crippen LogP contribution is -2.47. The average Bonchev–Trinajstić information content (AvgIpc) is 2.59. The van der Waals surface area contributed by atoms with E-state index in [9.17, 15) is 9.59 Å². The summed E-state index contributed by atoms with van der Waals surface area (Å²) in [4.78, 5) is 26.5. The van der Waals surface area contributed by atoms with Crippen molar-refractivity contribution in [3.63, 3.8) is 0 Å². The molecule has 0 spiro atoms. The van der Waals surface area contributed by atoms with Gasteiger partial charge in [0.1, 0.15) is 12.3 Å². The van der Waals surface area contributed by atoms with Crippen molar-refractivity contribution in [3.05, 3.63) is 54.1 Å². The van der Waals surface area contributed by atoms with Crippen molar-refractivity contribution in [1.29, 1.82) is 0 Å². The van der Waals surface area contributed by atoms with E-state index in [1.165, 1.54) is 4.90 Å². The lowest BCUT2D eigenvalue weighted by Gasteiger charge is -2.32. The topological polar surface area (TPSA) is 58.6 Å². The SMILES string of the molecule is CC1Oc2ccccc2N(CC(=O)Nc2ccccc2C(C)C)C1=O. The van der Waals surface area contributed by atoms with E-state index in [4.69, 9.17) is 4.74 Å². The van der Waals surface area contributed by atoms with Crippen LogP contribution in [0.5, 0.6) is 5.75 Å². The molecule has 0 saturated heterocycles. The summed E-state index contributed by atoms with van der Waals surface area (Å²) in [6.07, 6.45) is -0.606. The molecule has 1 aliphatic heterocycles. The average molecular weight is 338 g/mol. The van der Waals surface area contributed by atoms with Crippen LogP contribution in [-0.4, -0.2) is 24.5 Å². The van der Waals surface area contributed by atoms with E-state index in [0.29, 0.717) is 17.4 Å². The third-order valence-electron chi connectivity index (χ3n) is 4.23. The second-order valence-electron chi connectivity index (χ2n) is 6.44. The third kappa shape index (κ3) is 3.50. The number of para-hydroxylation sites is 3. The molecule has 3 rings (SSSR count). The molecule has 25 heavy (non-hydrogen) atoms. The first-order valence-corrected chi connectivity index (χ1v) is 8.43. The van der Waals surface area contributed by atoms with E-state index in [1.807, 2.05) is 36.4 Å². The van der Waals surface area contributed by atoms with Crippen molar-refractivity contribution in [2.45, 2.75) is 32.8 Å². The zero-order valence-corrected chi connectivity index (χ0v) is 14.7. The fourth-order valence-corrected chi connectivity index (χ4v) is 2.97. The minimum absolute atomic E-state index is 0.0457. The Hall–Kier alpha value is -2.82. The van der Waals surface area contributed by atoms with Crippen LogP contribution in [0.25, 0.3) is 0 Å². The minimum Gasteiger partial charge on any atom is -0.479 e. The summed E-state index contributed by atoms with van der Waals surface area (Å²) in [7, 11) is 0. The van der Waals surface area contributed by atoms with Crippen LogP contribution < -0.4 is 15.0 Å². The molecule has 2 amide bonds. The summed E-state index contributed by atoms with van der Waals surface area (Å²) in [6.45, 7) is 5.80. The van der Waals surface area contributed by atoms with Crippen LogP contribution in [-0.2, 0) is 9.59 Å². The number of nitrogens with zero attached hydrogens (tertiary/aromatic N) is 1. The molecule has 1 aliphatic rings. The highest BCUT2D eigenvalue weighted by Crippen LogP contribution is 2.33. The van der Waals surface area contributed by atoms with Crippen molar-refractivity contribution in [1.82, 2.24) is 0 Å². The van der Waals surface area contributed by atoms with Gasteiger partial charge in [-0.25, -0.2) is 0 Å². The van der Waals surface area contributed by atoms with Crippen molar-refractivity contribution in [2.24, 2.45) is 0 Å². The van der Waals surface area contributed by atoms with Gasteiger partial charge in [0.05, 0.1) is 5.69 Å². The maximum Gasteiger partial charge on any atom is 0.268 e. The first-order chi connectivity index (χ1) is 12.0. The number of hydrogen-bond donors (Lipinski definition) is 1. The molecule has 1 N–H and O–H groups in total. The van der Waals surface area contributed by atoms with Crippen LogP contribution in [0.1, 0.15) is 32.3 Å². The molecule has 0 radical (unpaired) electrons. The van der Waals surface area contributed by atoms with Crippen LogP contribution in [0.15, 0.2) is 48.5 Å². The van der Waals surface area contributed by atoms with E-state index >= 15 is 0 Å². The van der Waals surface area contributed by atoms with E-state index in [1.54, 1.807) is 19.1 Å². The number of rotatable bonds is 4. The number of anilines is 2. The smallest absolute Gasteiger partial charge is 0.268 e. The summed E-state index contributed by atoms with van der Waals surface area (Å²) < 4.78 is 5.60. The van der Waals surface area contributed by atoms with E-state index < -0.39 is 6.10 Å². The Kier molecular flexibility index (Phi) is 4.74. The summed E-state index contributed by atoms with van der Waals surface area (Å²) >= 11 is 0. The molecule has 2 aromatic carbocycles. The number of carbonyl (C=O) groups excluding carboxylic acids is 2. The molecule has 0 aliphatic carbocycles. The lowest BCUT2D eigenvalue weighted by molar-refractivity contribution is -0.127. The highest BCUT2D eigenvalue weighted by molar-refractivity contribution is 6.06. The summed E-state index contributed by atoms with van der Waals surface area (Å²) in [5.41, 5.74) is 2.47. The Labute approximate surface area is 147 Å². The second-order valence-corrected chi connectivity index (χ2v) is 6.44. The van der Waals surface area contributed by atoms with Gasteiger partial charge in [0.25, 0.3) is 5.91 Å². The number of carbonyl (C=O) groups is 2. The summed E-state index contributed by atoms with van der Waals surface area (Å²) in [5, 5.41) is 2.93. The van der Waals surface area contributed by atoms with Gasteiger partial charge in [-0.15, -0.1) is 0 Å². The van der Waals surface area contributed by atoms with Crippen LogP contribution in [0.2, 0.25) is 0 Å². The normalized spacial score (nSPS) is 16.4. The van der Waals surface area contributed by atoms with Gasteiger partial charge in [-0.05, 0) is 36.6 Å². The lowest BCUT2D eigenvalue weighted by atomic mass is 10.0. The molecule has 5 heteroatoms. The summed E-state index contributed by atoms with van der Waals surface area (Å²) in [5.74, 6) is 0.462. The molecule has 1 heterocycles. The minimum atomic E-state index is -0.606. The zero-order valence-electron chi connectivity index (χ0n) is 14.7. The molecular weight excluding hydrogens is 316 g/mol. The zero-order chi connectivity index (χ0) is 18.0. The predicted octanol–water partition coefficient (Wildman–Crippen LogP) is 3.56. The molecule has 130 valence electrons. The first kappa shape index (κ1) is 17.0. The van der Waals surface area contributed by atoms with Crippen molar-refractivity contribution < 1.29 is 14.3 Å². The Morgan fingerprint density at radius 3 is 2.60 bits per heavy atom. The van der Waals surface area contributed by atoms with Gasteiger partial charge in [0.2, 0.25) is 5.91 Å². The van der Waals surface area contributed by atoms with E-state index in [0.717, 1.165) is 11.3 Å². The molecule has 5 nitrogen and oxygen atoms in total. The monoisotopic (exact) mass is 338 g/mol. The van der Waals surface area contributed by atoms with Crippen molar-refractivity contribution in [2.75, 3.05) is 16.8 Å². The van der Waals surface area contributed by atoms with Crippen LogP contribution in [0.4, 0.5) is 11.4 Å². The standard InChI is InChI=1S/C20H22N2O3/c1-13(2)15-8-4-5-9-16(15)21-19(23)12-22-17-10-6-7-11-18(17)25-14(3)20(22)24/h4-11,13-14H,12H2,1-3H3,(H,21,23). The molecule has 0 saturated carbocycles. The van der Waals surface area contributed by atoms with Crippen LogP contribution >= 0.6 is 0 Å². The van der Waals surface area contributed by atoms with Crippen LogP contribution in [0.3, 0.4) is 0 Å². The Morgan fingerprint density at radius 1 is 1.16 bits per heavy atom. The maximum absolute atomic E-state index is 12.6. The molecule has 0 bridgehead atoms. The fraction of sp³-hybridized carbons (Fsp3) is 0.300. The van der Waals surface area contributed by atoms with Crippen molar-refractivity contribution in [3.8, 4) is 5.75 Å². The number of amides is 2. The van der Waals surface area contributed by atoms with Gasteiger partial charge in [-0.2, -0.15) is 0 Å². The Balaban J connectivity index is 1.80. The number of nitrogens with one attached hydrogen (secondary N) is 1. The van der Waals surface area contributed by atoms with E-state index in [-0.39, 0.29) is 18.4 Å². The number of fused-ring (bicyclic) bond motifs is 1. The first-order valence-electron chi connectivity index (χ1n) is 8.43. The molecule has 2 aromatic rings. The number of ether oxygens (including phenoxy) is 1. The highest BCUT2D eigenvalue weighted by Gasteiger charge is 2.32. The maximum atomic E-state index is 12.6. The van der Waals surface area contributed by atoms with Gasteiger partial charge in [-0.3, -0.25) is 14.5 Å². The molecule has 1 atom stereocenters. The quantitative estimate of drug-likeness (QED) is 0.927. The van der Waals surface area contributed by atoms with Crippen LogP contribution in [0, 0.1) is 0 Å². The van der Waals surface area contributed by atoms with E-state index in [2.05, 4.69) is 19.2 Å². The second kappa shape index (κ2) is 6.97. The highest BCUT2D eigenvalue weighted by atomic mass is 16.5. The third-order valence-corrected chi connectivity index (χ3v) is 4.23. The number of hydrogen-bond acceptors (Lipinski definition) is 3. The molecular formula is C20H22N2O3. The molecule has 1 unspecified atom stereocenters. The summed E-state index contributed by atoms with van der Waals surface area (Å²) in [6, 6.07) is 15.0. The van der Waals surface area contributed by atoms with Gasteiger partial charge < -0.3 is 10.1 Å². The van der Waals surface area contributed by atoms with Gasteiger partial charge >= 0.3 is 0 Å². The Morgan fingerprint density at radius 2 is 1.84 bits per heavy atom. The van der Waals surface area contributed by atoms with Gasteiger partial charge in [0.15, 0.2) is 6.10 Å². The van der Waals surface area contributed by atoms with Gasteiger partial charge in [-0.1, -0.05) is 44.2 Å². The largest absolute Gasteiger partial charge is 0.479 e. The predicted molar refractivity (Wildman–Crippen MR) is 98.0 cm³/mol. The Bertz CT molecular complexity index is 801. The molecule has 0 fully saturated rings. The number of benzene rings is 2. The fourth-order valence-electron chi connectivity index (χ4n) is 2.97. The molecule has 0 aromatic heterocycles.